The molecule has 28 heavy (non-hydrogen) atoms. The summed E-state index contributed by atoms with van der Waals surface area (Å²) in [5.41, 5.74) is 2.19. The second-order valence-electron chi connectivity index (χ2n) is 7.82. The van der Waals surface area contributed by atoms with Crippen molar-refractivity contribution < 1.29 is 8.42 Å². The van der Waals surface area contributed by atoms with Gasteiger partial charge in [0.05, 0.1) is 10.3 Å². The highest BCUT2D eigenvalue weighted by Gasteiger charge is 2.69. The van der Waals surface area contributed by atoms with E-state index in [2.05, 4.69) is 33.9 Å². The van der Waals surface area contributed by atoms with Crippen molar-refractivity contribution in [1.29, 1.82) is 0 Å². The van der Waals surface area contributed by atoms with Crippen LogP contribution >= 0.6 is 27.5 Å². The van der Waals surface area contributed by atoms with Gasteiger partial charge in [0.1, 0.15) is 5.66 Å². The minimum Gasteiger partial charge on any atom is -0.365 e. The van der Waals surface area contributed by atoms with Crippen molar-refractivity contribution >= 4 is 43.2 Å². The Bertz CT molecular complexity index is 1100. The van der Waals surface area contributed by atoms with Crippen molar-refractivity contribution in [2.24, 2.45) is 0 Å². The third-order valence-corrected chi connectivity index (χ3v) is 9.31. The van der Waals surface area contributed by atoms with E-state index >= 15 is 0 Å². The van der Waals surface area contributed by atoms with Gasteiger partial charge in [-0.2, -0.15) is 4.31 Å². The maximum Gasteiger partial charge on any atom is 0.245 e. The lowest BCUT2D eigenvalue weighted by molar-refractivity contribution is 0.178. The third kappa shape index (κ3) is 2.23. The Kier molecular flexibility index (Phi) is 4.05. The first-order valence-electron chi connectivity index (χ1n) is 9.36. The molecule has 1 N–H and O–H groups in total. The molecule has 0 spiro atoms. The van der Waals surface area contributed by atoms with Crippen molar-refractivity contribution in [3.63, 3.8) is 0 Å². The molecule has 7 heteroatoms. The Hall–Kier alpha value is -1.34. The maximum atomic E-state index is 13.7. The van der Waals surface area contributed by atoms with Crippen molar-refractivity contribution in [3.05, 3.63) is 69.7 Å². The van der Waals surface area contributed by atoms with Crippen LogP contribution in [0.15, 0.2) is 64.0 Å². The van der Waals surface area contributed by atoms with E-state index in [1.165, 1.54) is 0 Å². The van der Waals surface area contributed by atoms with Crippen molar-refractivity contribution in [3.8, 4) is 0 Å². The first-order chi connectivity index (χ1) is 13.3. The number of anilines is 1. The highest BCUT2D eigenvalue weighted by molar-refractivity contribution is 9.10. The summed E-state index contributed by atoms with van der Waals surface area (Å²) in [6.07, 6.45) is 3.33. The lowest BCUT2D eigenvalue weighted by Gasteiger charge is -2.49. The van der Waals surface area contributed by atoms with Gasteiger partial charge in [-0.3, -0.25) is 0 Å². The van der Waals surface area contributed by atoms with E-state index in [9.17, 15) is 8.42 Å². The zero-order chi connectivity index (χ0) is 19.7. The van der Waals surface area contributed by atoms with E-state index < -0.39 is 15.7 Å². The SMILES string of the molecule is C=C1CCCC23Nc4cc(Br)ccc4C12CCN3S(=O)(=O)c1ccc(Cl)cc1. The first-order valence-corrected chi connectivity index (χ1v) is 12.0. The molecule has 4 nitrogen and oxygen atoms in total. The fourth-order valence-corrected chi connectivity index (χ4v) is 7.77. The molecule has 2 aliphatic heterocycles. The Morgan fingerprint density at radius 2 is 1.89 bits per heavy atom. The minimum absolute atomic E-state index is 0.275. The Morgan fingerprint density at radius 1 is 1.14 bits per heavy atom. The van der Waals surface area contributed by atoms with Crippen LogP contribution in [0.5, 0.6) is 0 Å². The van der Waals surface area contributed by atoms with Crippen LogP contribution in [-0.4, -0.2) is 24.9 Å². The molecule has 0 aromatic heterocycles. The van der Waals surface area contributed by atoms with Gasteiger partial charge in [-0.15, -0.1) is 0 Å². The molecule has 2 fully saturated rings. The fourth-order valence-electron chi connectivity index (χ4n) is 5.51. The number of hydrogen-bond acceptors (Lipinski definition) is 3. The standard InChI is InChI=1S/C21H20BrClN2O2S/c1-14-3-2-10-21-20(14,18-9-4-15(22)13-19(18)24-21)11-12-25(21)28(26,27)17-7-5-16(23)6-8-17/h4-9,13,24H,1-3,10-12H2. The second kappa shape index (κ2) is 6.08. The molecule has 2 aromatic carbocycles. The molecule has 1 saturated carbocycles. The highest BCUT2D eigenvalue weighted by atomic mass is 79.9. The number of rotatable bonds is 2. The predicted molar refractivity (Wildman–Crippen MR) is 115 cm³/mol. The molecular formula is C21H20BrClN2O2S. The Morgan fingerprint density at radius 3 is 2.64 bits per heavy atom. The number of hydrogen-bond donors (Lipinski definition) is 1. The van der Waals surface area contributed by atoms with E-state index in [1.54, 1.807) is 28.6 Å². The number of fused-ring (bicyclic) bond motifs is 1. The molecule has 2 heterocycles. The predicted octanol–water partition coefficient (Wildman–Crippen LogP) is 5.30. The van der Waals surface area contributed by atoms with E-state index in [0.717, 1.165) is 47.0 Å². The summed E-state index contributed by atoms with van der Waals surface area (Å²) in [6, 6.07) is 12.6. The zero-order valence-corrected chi connectivity index (χ0v) is 18.4. The number of sulfonamides is 1. The first kappa shape index (κ1) is 18.7. The monoisotopic (exact) mass is 478 g/mol. The van der Waals surface area contributed by atoms with Crippen molar-refractivity contribution in [1.82, 2.24) is 4.31 Å². The van der Waals surface area contributed by atoms with Crippen molar-refractivity contribution in [2.75, 3.05) is 11.9 Å². The molecule has 1 aliphatic carbocycles. The fraction of sp³-hybridized carbons (Fsp3) is 0.333. The van der Waals surface area contributed by atoms with Gasteiger partial charge in [0.2, 0.25) is 10.0 Å². The molecule has 3 aliphatic rings. The number of nitrogens with one attached hydrogen (secondary N) is 1. The molecule has 0 radical (unpaired) electrons. The van der Waals surface area contributed by atoms with Crippen LogP contribution in [0.1, 0.15) is 31.2 Å². The van der Waals surface area contributed by atoms with Crippen LogP contribution in [0, 0.1) is 0 Å². The highest BCUT2D eigenvalue weighted by Crippen LogP contribution is 2.64. The van der Waals surface area contributed by atoms with Crippen LogP contribution < -0.4 is 5.32 Å². The number of nitrogens with zero attached hydrogens (tertiary/aromatic N) is 1. The quantitative estimate of drug-likeness (QED) is 0.595. The zero-order valence-electron chi connectivity index (χ0n) is 15.2. The summed E-state index contributed by atoms with van der Waals surface area (Å²) < 4.78 is 30.0. The molecular weight excluding hydrogens is 460 g/mol. The van der Waals surface area contributed by atoms with Gasteiger partial charge >= 0.3 is 0 Å². The Balaban J connectivity index is 1.70. The van der Waals surface area contributed by atoms with Gasteiger partial charge < -0.3 is 5.32 Å². The van der Waals surface area contributed by atoms with E-state index in [-0.39, 0.29) is 10.3 Å². The lowest BCUT2D eigenvalue weighted by Crippen LogP contribution is -2.61. The molecule has 146 valence electrons. The summed E-state index contributed by atoms with van der Waals surface area (Å²) in [5.74, 6) is 0. The van der Waals surface area contributed by atoms with Crippen LogP contribution in [0.25, 0.3) is 0 Å². The average Bonchev–Trinajstić information content (AvgIpc) is 3.13. The molecule has 5 rings (SSSR count). The molecule has 2 aromatic rings. The number of halogens is 2. The van der Waals surface area contributed by atoms with Crippen LogP contribution in [-0.2, 0) is 15.4 Å². The third-order valence-electron chi connectivity index (χ3n) is 6.63. The van der Waals surface area contributed by atoms with Crippen LogP contribution in [0.3, 0.4) is 0 Å². The van der Waals surface area contributed by atoms with Crippen molar-refractivity contribution in [2.45, 2.75) is 41.7 Å². The maximum absolute atomic E-state index is 13.7. The van der Waals surface area contributed by atoms with E-state index in [0.29, 0.717) is 11.6 Å². The van der Waals surface area contributed by atoms with Crippen LogP contribution in [0.2, 0.25) is 5.02 Å². The van der Waals surface area contributed by atoms with Gasteiger partial charge in [0.25, 0.3) is 0 Å². The van der Waals surface area contributed by atoms with Gasteiger partial charge in [-0.1, -0.05) is 45.7 Å². The lowest BCUT2D eigenvalue weighted by atomic mass is 9.62. The van der Waals surface area contributed by atoms with Gasteiger partial charge in [0.15, 0.2) is 0 Å². The summed E-state index contributed by atoms with van der Waals surface area (Å²) in [7, 11) is -3.69. The Labute approximate surface area is 178 Å². The van der Waals surface area contributed by atoms with E-state index in [4.69, 9.17) is 11.6 Å². The summed E-state index contributed by atoms with van der Waals surface area (Å²) in [5, 5.41) is 4.16. The van der Waals surface area contributed by atoms with Gasteiger partial charge in [-0.25, -0.2) is 8.42 Å². The molecule has 1 saturated heterocycles. The van der Waals surface area contributed by atoms with Gasteiger partial charge in [0, 0.05) is 21.7 Å². The van der Waals surface area contributed by atoms with Gasteiger partial charge in [-0.05, 0) is 67.6 Å². The molecule has 0 bridgehead atoms. The largest absolute Gasteiger partial charge is 0.365 e. The summed E-state index contributed by atoms with van der Waals surface area (Å²) in [6.45, 7) is 4.88. The smallest absolute Gasteiger partial charge is 0.245 e. The summed E-state index contributed by atoms with van der Waals surface area (Å²) in [4.78, 5) is 0.275. The summed E-state index contributed by atoms with van der Waals surface area (Å²) >= 11 is 9.52. The molecule has 2 unspecified atom stereocenters. The topological polar surface area (TPSA) is 49.4 Å². The minimum atomic E-state index is -3.69. The van der Waals surface area contributed by atoms with E-state index in [1.807, 2.05) is 12.1 Å². The second-order valence-corrected chi connectivity index (χ2v) is 11.0. The number of benzene rings is 2. The molecule has 2 atom stereocenters. The normalized spacial score (nSPS) is 29.1. The average molecular weight is 480 g/mol. The molecule has 0 amide bonds. The van der Waals surface area contributed by atoms with Crippen LogP contribution in [0.4, 0.5) is 5.69 Å².